The summed E-state index contributed by atoms with van der Waals surface area (Å²) >= 11 is 0. The highest BCUT2D eigenvalue weighted by atomic mass is 16.2. The van der Waals surface area contributed by atoms with Crippen LogP contribution >= 0.6 is 0 Å². The molecular weight excluding hydrogens is 376 g/mol. The number of fused-ring (bicyclic) bond motifs is 1. The molecule has 0 aromatic heterocycles. The average molecular weight is 411 g/mol. The van der Waals surface area contributed by atoms with E-state index in [4.69, 9.17) is 0 Å². The van der Waals surface area contributed by atoms with Gasteiger partial charge in [0.15, 0.2) is 5.71 Å². The number of hydrogen-bond donors (Lipinski definition) is 1. The number of piperidine rings is 1. The normalized spacial score (nSPS) is 27.0. The topological polar surface area (TPSA) is 65.0 Å². The SMILES string of the molecule is CC(=O)N/N=C1\C(=O)N(C2CCN([C@H]3CC[C@@H](C(C)C)CC3)CC2)c2ccccc21. The molecule has 0 unspecified atom stereocenters. The number of hydrazone groups is 1. The van der Waals surface area contributed by atoms with Crippen molar-refractivity contribution in [2.75, 3.05) is 18.0 Å². The Balaban J connectivity index is 1.42. The molecule has 1 saturated carbocycles. The molecule has 1 saturated heterocycles. The number of para-hydroxylation sites is 1. The second-order valence-electron chi connectivity index (χ2n) is 9.40. The predicted molar refractivity (Wildman–Crippen MR) is 119 cm³/mol. The van der Waals surface area contributed by atoms with Gasteiger partial charge in [0.1, 0.15) is 0 Å². The summed E-state index contributed by atoms with van der Waals surface area (Å²) in [5, 5.41) is 4.12. The first-order valence-corrected chi connectivity index (χ1v) is 11.5. The number of anilines is 1. The van der Waals surface area contributed by atoms with Gasteiger partial charge in [0.2, 0.25) is 5.91 Å². The van der Waals surface area contributed by atoms with Crippen LogP contribution in [0.15, 0.2) is 29.4 Å². The number of nitrogens with zero attached hydrogens (tertiary/aromatic N) is 3. The Morgan fingerprint density at radius 1 is 1.03 bits per heavy atom. The molecule has 2 heterocycles. The number of amides is 2. The molecule has 2 aliphatic heterocycles. The first kappa shape index (κ1) is 21.0. The highest BCUT2D eigenvalue weighted by Gasteiger charge is 2.40. The first-order valence-electron chi connectivity index (χ1n) is 11.5. The lowest BCUT2D eigenvalue weighted by atomic mass is 9.79. The van der Waals surface area contributed by atoms with Gasteiger partial charge >= 0.3 is 0 Å². The lowest BCUT2D eigenvalue weighted by Crippen LogP contribution is -2.50. The molecule has 1 aliphatic carbocycles. The fraction of sp³-hybridized carbons (Fsp3) is 0.625. The Hall–Kier alpha value is -2.21. The van der Waals surface area contributed by atoms with Crippen molar-refractivity contribution in [1.82, 2.24) is 10.3 Å². The predicted octanol–water partition coefficient (Wildman–Crippen LogP) is 3.55. The maximum Gasteiger partial charge on any atom is 0.279 e. The van der Waals surface area contributed by atoms with Crippen LogP contribution in [0.1, 0.15) is 64.9 Å². The summed E-state index contributed by atoms with van der Waals surface area (Å²) in [5.41, 5.74) is 4.51. The minimum atomic E-state index is -0.272. The summed E-state index contributed by atoms with van der Waals surface area (Å²) in [7, 11) is 0. The lowest BCUT2D eigenvalue weighted by molar-refractivity contribution is -0.118. The molecule has 0 atom stereocenters. The molecule has 2 fully saturated rings. The number of rotatable bonds is 4. The average Bonchev–Trinajstić information content (AvgIpc) is 3.03. The Kier molecular flexibility index (Phi) is 6.23. The number of carbonyl (C=O) groups is 2. The molecule has 162 valence electrons. The maximum atomic E-state index is 13.2. The number of carbonyl (C=O) groups excluding carboxylic acids is 2. The number of hydrogen-bond acceptors (Lipinski definition) is 4. The highest BCUT2D eigenvalue weighted by Crippen LogP contribution is 2.36. The number of benzene rings is 1. The van der Waals surface area contributed by atoms with Crippen molar-refractivity contribution < 1.29 is 9.59 Å². The quantitative estimate of drug-likeness (QED) is 0.772. The van der Waals surface area contributed by atoms with Crippen molar-refractivity contribution in [3.63, 3.8) is 0 Å². The van der Waals surface area contributed by atoms with E-state index >= 15 is 0 Å². The Labute approximate surface area is 179 Å². The minimum absolute atomic E-state index is 0.0964. The van der Waals surface area contributed by atoms with E-state index in [0.29, 0.717) is 11.8 Å². The third-order valence-electron chi connectivity index (χ3n) is 7.23. The Morgan fingerprint density at radius 2 is 1.70 bits per heavy atom. The molecule has 1 N–H and O–H groups in total. The van der Waals surface area contributed by atoms with Gasteiger partial charge in [-0.1, -0.05) is 32.0 Å². The van der Waals surface area contributed by atoms with E-state index in [-0.39, 0.29) is 17.9 Å². The largest absolute Gasteiger partial charge is 0.303 e. The number of nitrogens with one attached hydrogen (secondary N) is 1. The van der Waals surface area contributed by atoms with Gasteiger partial charge in [-0.3, -0.25) is 9.59 Å². The van der Waals surface area contributed by atoms with E-state index in [1.54, 1.807) is 0 Å². The molecule has 4 rings (SSSR count). The van der Waals surface area contributed by atoms with E-state index in [9.17, 15) is 9.59 Å². The molecule has 1 aromatic rings. The zero-order valence-corrected chi connectivity index (χ0v) is 18.4. The van der Waals surface area contributed by atoms with Crippen molar-refractivity contribution in [2.45, 2.75) is 71.4 Å². The standard InChI is InChI=1S/C24H34N4O2/c1-16(2)18-8-10-19(11-9-18)27-14-12-20(13-15-27)28-22-7-5-4-6-21(22)23(24(28)30)26-25-17(3)29/h4-7,16,18-20H,8-15H2,1-3H3,(H,25,29)/b26-23-/t18-,19+. The van der Waals surface area contributed by atoms with Crippen LogP contribution in [0.4, 0.5) is 5.69 Å². The molecule has 3 aliphatic rings. The summed E-state index contributed by atoms with van der Waals surface area (Å²) in [4.78, 5) is 29.1. The second kappa shape index (κ2) is 8.88. The lowest BCUT2D eigenvalue weighted by Gasteiger charge is -2.43. The summed E-state index contributed by atoms with van der Waals surface area (Å²) in [6, 6.07) is 8.67. The van der Waals surface area contributed by atoms with Gasteiger partial charge in [0.05, 0.1) is 5.69 Å². The van der Waals surface area contributed by atoms with Crippen molar-refractivity contribution >= 4 is 23.2 Å². The van der Waals surface area contributed by atoms with Crippen molar-refractivity contribution in [1.29, 1.82) is 0 Å². The third-order valence-corrected chi connectivity index (χ3v) is 7.23. The van der Waals surface area contributed by atoms with Gasteiger partial charge in [-0.25, -0.2) is 5.43 Å². The maximum absolute atomic E-state index is 13.2. The molecule has 2 amide bonds. The molecular formula is C24H34N4O2. The molecule has 30 heavy (non-hydrogen) atoms. The molecule has 0 spiro atoms. The second-order valence-corrected chi connectivity index (χ2v) is 9.40. The fourth-order valence-corrected chi connectivity index (χ4v) is 5.47. The van der Waals surface area contributed by atoms with E-state index in [0.717, 1.165) is 49.0 Å². The summed E-state index contributed by atoms with van der Waals surface area (Å²) in [5.74, 6) is 1.32. The van der Waals surface area contributed by atoms with Crippen LogP contribution in [0.5, 0.6) is 0 Å². The summed E-state index contributed by atoms with van der Waals surface area (Å²) < 4.78 is 0. The molecule has 0 bridgehead atoms. The van der Waals surface area contributed by atoms with Crippen LogP contribution in [0.3, 0.4) is 0 Å². The third kappa shape index (κ3) is 4.15. The van der Waals surface area contributed by atoms with Gasteiger partial charge in [-0.05, 0) is 56.4 Å². The van der Waals surface area contributed by atoms with E-state index in [1.165, 1.54) is 32.6 Å². The first-order chi connectivity index (χ1) is 14.5. The Morgan fingerprint density at radius 3 is 2.33 bits per heavy atom. The van der Waals surface area contributed by atoms with Crippen LogP contribution in [-0.2, 0) is 9.59 Å². The minimum Gasteiger partial charge on any atom is -0.303 e. The van der Waals surface area contributed by atoms with Gasteiger partial charge in [0.25, 0.3) is 5.91 Å². The monoisotopic (exact) mass is 410 g/mol. The highest BCUT2D eigenvalue weighted by molar-refractivity contribution is 6.54. The van der Waals surface area contributed by atoms with E-state index in [1.807, 2.05) is 29.2 Å². The summed E-state index contributed by atoms with van der Waals surface area (Å²) in [6.45, 7) is 8.20. The number of likely N-dealkylation sites (tertiary alicyclic amines) is 1. The van der Waals surface area contributed by atoms with E-state index < -0.39 is 0 Å². The zero-order valence-electron chi connectivity index (χ0n) is 18.4. The van der Waals surface area contributed by atoms with Crippen LogP contribution < -0.4 is 10.3 Å². The smallest absolute Gasteiger partial charge is 0.279 e. The van der Waals surface area contributed by atoms with Crippen LogP contribution in [0.25, 0.3) is 0 Å². The van der Waals surface area contributed by atoms with Gasteiger partial charge in [-0.15, -0.1) is 0 Å². The van der Waals surface area contributed by atoms with Crippen molar-refractivity contribution in [2.24, 2.45) is 16.9 Å². The molecule has 1 aromatic carbocycles. The van der Waals surface area contributed by atoms with Crippen LogP contribution in [0.2, 0.25) is 0 Å². The molecule has 0 radical (unpaired) electrons. The van der Waals surface area contributed by atoms with Gasteiger partial charge in [0, 0.05) is 37.7 Å². The van der Waals surface area contributed by atoms with Crippen molar-refractivity contribution in [3.8, 4) is 0 Å². The summed E-state index contributed by atoms with van der Waals surface area (Å²) in [6.07, 6.45) is 7.29. The Bertz CT molecular complexity index is 818. The van der Waals surface area contributed by atoms with Crippen LogP contribution in [0, 0.1) is 11.8 Å². The fourth-order valence-electron chi connectivity index (χ4n) is 5.47. The van der Waals surface area contributed by atoms with Crippen LogP contribution in [-0.4, -0.2) is 47.6 Å². The molecule has 6 nitrogen and oxygen atoms in total. The van der Waals surface area contributed by atoms with E-state index in [2.05, 4.69) is 29.3 Å². The van der Waals surface area contributed by atoms with Gasteiger partial charge < -0.3 is 9.80 Å². The zero-order chi connectivity index (χ0) is 21.3. The van der Waals surface area contributed by atoms with Crippen molar-refractivity contribution in [3.05, 3.63) is 29.8 Å². The van der Waals surface area contributed by atoms with Gasteiger partial charge in [-0.2, -0.15) is 5.10 Å². The molecule has 6 heteroatoms.